The molecule has 6 nitrogen and oxygen atoms in total. The molecule has 3 fully saturated rings. The maximum Gasteiger partial charge on any atom is 0.303 e. The number of halogens is 3. The maximum atomic E-state index is 17.3. The third-order valence-corrected chi connectivity index (χ3v) is 10.5. The fraction of sp³-hybridized carbons (Fsp3) is 0.708. The van der Waals surface area contributed by atoms with Gasteiger partial charge >= 0.3 is 5.97 Å². The zero-order valence-electron chi connectivity index (χ0n) is 19.0. The summed E-state index contributed by atoms with van der Waals surface area (Å²) in [5.41, 5.74) is -7.08. The first-order valence-corrected chi connectivity index (χ1v) is 12.4. The summed E-state index contributed by atoms with van der Waals surface area (Å²) in [4.78, 5) is 36.3. The van der Waals surface area contributed by atoms with Crippen molar-refractivity contribution in [1.82, 2.24) is 0 Å². The van der Waals surface area contributed by atoms with Crippen molar-refractivity contribution < 1.29 is 38.1 Å². The molecule has 10 atom stereocenters. The maximum absolute atomic E-state index is 17.3. The summed E-state index contributed by atoms with van der Waals surface area (Å²) in [5, 5.41) is 23.0. The number of hydrogen-bond acceptors (Lipinski definition) is 6. The van der Waals surface area contributed by atoms with E-state index in [1.54, 1.807) is 13.8 Å². The third kappa shape index (κ3) is 2.97. The molecule has 33 heavy (non-hydrogen) atoms. The Labute approximate surface area is 205 Å². The molecule has 2 N–H and O–H groups in total. The van der Waals surface area contributed by atoms with Crippen LogP contribution in [0.15, 0.2) is 23.8 Å². The number of ether oxygens (including phenoxy) is 1. The van der Waals surface area contributed by atoms with E-state index in [1.807, 2.05) is 22.6 Å². The lowest BCUT2D eigenvalue weighted by molar-refractivity contribution is -0.221. The zero-order valence-corrected chi connectivity index (χ0v) is 21.1. The number of ketones is 2. The van der Waals surface area contributed by atoms with Gasteiger partial charge in [0.1, 0.15) is 11.8 Å². The Bertz CT molecular complexity index is 982. The standard InChI is InChI=1S/C24H29F2IO6/c1-11-7-14-18-20(27)19(25)15-8-13(29)5-6-21(15,3)23(18,26)16(30)9-22(14,4)24(11,32)17(31)10-33-12(2)28/h5-6,8,11,14,16,18-20,30,32H,7,9-10H2,1-4H3/t11-,14-,16-,18+,19-,20-,21-,22-,23+,24-/m0/s1. The van der Waals surface area contributed by atoms with Crippen molar-refractivity contribution in [3.05, 3.63) is 23.8 Å². The Morgan fingerprint density at radius 1 is 1.33 bits per heavy atom. The second kappa shape index (κ2) is 7.65. The Balaban J connectivity index is 1.84. The van der Waals surface area contributed by atoms with Gasteiger partial charge < -0.3 is 14.9 Å². The van der Waals surface area contributed by atoms with Gasteiger partial charge in [-0.05, 0) is 49.3 Å². The molecule has 0 aliphatic heterocycles. The van der Waals surface area contributed by atoms with Gasteiger partial charge in [-0.15, -0.1) is 0 Å². The monoisotopic (exact) mass is 578 g/mol. The summed E-state index contributed by atoms with van der Waals surface area (Å²) in [5.74, 6) is -4.08. The molecule has 0 unspecified atom stereocenters. The first-order valence-electron chi connectivity index (χ1n) is 11.2. The van der Waals surface area contributed by atoms with E-state index in [1.165, 1.54) is 19.1 Å². The number of hydrogen-bond donors (Lipinski definition) is 2. The summed E-state index contributed by atoms with van der Waals surface area (Å²) in [7, 11) is 0. The van der Waals surface area contributed by atoms with Crippen LogP contribution in [0.1, 0.15) is 40.5 Å². The molecular formula is C24H29F2IO6. The van der Waals surface area contributed by atoms with Gasteiger partial charge in [0.25, 0.3) is 0 Å². The number of carbonyl (C=O) groups is 3. The van der Waals surface area contributed by atoms with Gasteiger partial charge in [0.15, 0.2) is 18.1 Å². The average molecular weight is 578 g/mol. The van der Waals surface area contributed by atoms with Crippen LogP contribution in [-0.2, 0) is 19.1 Å². The summed E-state index contributed by atoms with van der Waals surface area (Å²) in [6.07, 6.45) is 0.444. The molecule has 0 aromatic rings. The van der Waals surface area contributed by atoms with E-state index in [0.29, 0.717) is 0 Å². The quantitative estimate of drug-likeness (QED) is 0.304. The zero-order chi connectivity index (χ0) is 24.7. The molecule has 0 spiro atoms. The molecule has 0 aromatic heterocycles. The highest BCUT2D eigenvalue weighted by molar-refractivity contribution is 14.1. The van der Waals surface area contributed by atoms with Gasteiger partial charge in [0, 0.05) is 23.7 Å². The molecule has 0 amide bonds. The minimum Gasteiger partial charge on any atom is -0.458 e. The van der Waals surface area contributed by atoms with E-state index in [0.717, 1.165) is 13.0 Å². The lowest BCUT2D eigenvalue weighted by atomic mass is 9.44. The van der Waals surface area contributed by atoms with Gasteiger partial charge in [-0.3, -0.25) is 14.4 Å². The number of alkyl halides is 3. The van der Waals surface area contributed by atoms with Crippen molar-refractivity contribution in [2.75, 3.05) is 6.61 Å². The fourth-order valence-electron chi connectivity index (χ4n) is 7.35. The molecule has 182 valence electrons. The minimum atomic E-state index is -2.31. The number of allylic oxidation sites excluding steroid dienone is 4. The molecule has 9 heteroatoms. The number of carbonyl (C=O) groups excluding carboxylic acids is 3. The highest BCUT2D eigenvalue weighted by atomic mass is 127. The Morgan fingerprint density at radius 3 is 2.58 bits per heavy atom. The predicted molar refractivity (Wildman–Crippen MR) is 123 cm³/mol. The lowest BCUT2D eigenvalue weighted by Crippen LogP contribution is -2.73. The highest BCUT2D eigenvalue weighted by Gasteiger charge is 2.78. The summed E-state index contributed by atoms with van der Waals surface area (Å²) in [6, 6.07) is 0. The van der Waals surface area contributed by atoms with Crippen molar-refractivity contribution in [2.24, 2.45) is 28.6 Å². The topological polar surface area (TPSA) is 101 Å². The molecule has 0 heterocycles. The summed E-state index contributed by atoms with van der Waals surface area (Å²) in [6.45, 7) is 5.34. The Hall–Kier alpha value is -1.20. The van der Waals surface area contributed by atoms with E-state index in [4.69, 9.17) is 4.74 Å². The van der Waals surface area contributed by atoms with E-state index >= 15 is 8.78 Å². The van der Waals surface area contributed by atoms with Crippen LogP contribution < -0.4 is 0 Å². The van der Waals surface area contributed by atoms with Crippen LogP contribution in [0, 0.1) is 28.6 Å². The highest BCUT2D eigenvalue weighted by Crippen LogP contribution is 2.71. The van der Waals surface area contributed by atoms with Gasteiger partial charge in [-0.25, -0.2) is 8.78 Å². The first-order chi connectivity index (χ1) is 15.2. The first kappa shape index (κ1) is 24.9. The van der Waals surface area contributed by atoms with Crippen LogP contribution in [0.4, 0.5) is 8.78 Å². The molecule has 4 aliphatic carbocycles. The van der Waals surface area contributed by atoms with Crippen LogP contribution >= 0.6 is 22.6 Å². The number of esters is 1. The molecule has 0 bridgehead atoms. The summed E-state index contributed by atoms with van der Waals surface area (Å²) >= 11 is 1.85. The molecule has 3 saturated carbocycles. The lowest BCUT2D eigenvalue weighted by Gasteiger charge is -2.64. The number of Topliss-reactive ketones (excluding diaryl/α,β-unsaturated/α-hetero) is 1. The predicted octanol–water partition coefficient (Wildman–Crippen LogP) is 2.83. The van der Waals surface area contributed by atoms with E-state index in [2.05, 4.69) is 0 Å². The van der Waals surface area contributed by atoms with Gasteiger partial charge in [-0.1, -0.05) is 42.5 Å². The fourth-order valence-corrected chi connectivity index (χ4v) is 8.77. The van der Waals surface area contributed by atoms with Crippen molar-refractivity contribution in [1.29, 1.82) is 0 Å². The molecule has 0 aromatic carbocycles. The average Bonchev–Trinajstić information content (AvgIpc) is 2.93. The molecule has 4 rings (SSSR count). The third-order valence-electron chi connectivity index (χ3n) is 9.06. The van der Waals surface area contributed by atoms with Gasteiger partial charge in [0.2, 0.25) is 5.78 Å². The smallest absolute Gasteiger partial charge is 0.303 e. The van der Waals surface area contributed by atoms with Crippen LogP contribution in [0.2, 0.25) is 0 Å². The van der Waals surface area contributed by atoms with Crippen molar-refractivity contribution in [3.63, 3.8) is 0 Å². The number of aliphatic hydroxyl groups is 2. The molecular weight excluding hydrogens is 549 g/mol. The van der Waals surface area contributed by atoms with Crippen molar-refractivity contribution >= 4 is 40.1 Å². The second-order valence-electron chi connectivity index (χ2n) is 10.5. The number of aliphatic hydroxyl groups excluding tert-OH is 1. The minimum absolute atomic E-state index is 0.0167. The van der Waals surface area contributed by atoms with Crippen molar-refractivity contribution in [3.8, 4) is 0 Å². The summed E-state index contributed by atoms with van der Waals surface area (Å²) < 4.78 is 36.9. The molecule has 4 aliphatic rings. The Morgan fingerprint density at radius 2 is 1.97 bits per heavy atom. The molecule has 0 radical (unpaired) electrons. The van der Waals surface area contributed by atoms with E-state index < -0.39 is 80.2 Å². The van der Waals surface area contributed by atoms with Crippen LogP contribution in [0.25, 0.3) is 0 Å². The SMILES string of the molecule is CC(=O)OCC(=O)[C@@]1(O)[C@@H](C)C[C@H]2[C@@H]3[C@H](I)[C@@H](F)C4=CC(=O)C=C[C@]4(C)[C@@]3(F)[C@@H](O)C[C@@]21C. The van der Waals surface area contributed by atoms with Gasteiger partial charge in [0.05, 0.1) is 10.0 Å². The van der Waals surface area contributed by atoms with Gasteiger partial charge in [-0.2, -0.15) is 0 Å². The normalized spacial score (nSPS) is 50.7. The van der Waals surface area contributed by atoms with E-state index in [-0.39, 0.29) is 18.4 Å². The second-order valence-corrected chi connectivity index (χ2v) is 12.0. The van der Waals surface area contributed by atoms with Crippen LogP contribution in [0.3, 0.4) is 0 Å². The van der Waals surface area contributed by atoms with Crippen LogP contribution in [0.5, 0.6) is 0 Å². The van der Waals surface area contributed by atoms with Crippen LogP contribution in [-0.4, -0.2) is 61.8 Å². The largest absolute Gasteiger partial charge is 0.458 e. The van der Waals surface area contributed by atoms with Crippen molar-refractivity contribution in [2.45, 2.75) is 68.0 Å². The van der Waals surface area contributed by atoms with E-state index in [9.17, 15) is 24.6 Å². The Kier molecular flexibility index (Phi) is 5.77. The molecule has 0 saturated heterocycles. The number of fused-ring (bicyclic) bond motifs is 5. The number of rotatable bonds is 3.